The normalized spacial score (nSPS) is 17.0. The summed E-state index contributed by atoms with van der Waals surface area (Å²) in [6, 6.07) is 13.8. The molecule has 3 rings (SSSR count). The number of hydrogen-bond donors (Lipinski definition) is 1. The Balaban J connectivity index is 1.84. The molecule has 0 spiro atoms. The molecule has 1 aliphatic heterocycles. The fourth-order valence-corrected chi connectivity index (χ4v) is 3.40. The number of ether oxygens (including phenoxy) is 2. The molecule has 6 heteroatoms. The first-order valence-corrected chi connectivity index (χ1v) is 8.46. The van der Waals surface area contributed by atoms with E-state index in [9.17, 15) is 8.42 Å². The smallest absolute Gasteiger partial charge is 0.262 e. The van der Waals surface area contributed by atoms with Crippen LogP contribution in [0.15, 0.2) is 53.4 Å². The Labute approximate surface area is 129 Å². The van der Waals surface area contributed by atoms with Gasteiger partial charge in [-0.1, -0.05) is 30.3 Å². The number of anilines is 1. The van der Waals surface area contributed by atoms with Gasteiger partial charge in [-0.2, -0.15) is 0 Å². The van der Waals surface area contributed by atoms with Gasteiger partial charge >= 0.3 is 0 Å². The van der Waals surface area contributed by atoms with Gasteiger partial charge in [0.25, 0.3) is 10.0 Å². The number of para-hydroxylation sites is 2. The highest BCUT2D eigenvalue weighted by atomic mass is 32.2. The molecule has 0 saturated carbocycles. The molecule has 1 saturated heterocycles. The average molecular weight is 319 g/mol. The molecule has 0 aliphatic carbocycles. The van der Waals surface area contributed by atoms with Crippen molar-refractivity contribution in [1.82, 2.24) is 0 Å². The first-order valence-electron chi connectivity index (χ1n) is 6.98. The number of nitrogens with one attached hydrogen (secondary N) is 1. The van der Waals surface area contributed by atoms with Crippen molar-refractivity contribution < 1.29 is 17.9 Å². The Bertz CT molecular complexity index is 769. The van der Waals surface area contributed by atoms with Gasteiger partial charge in [-0.15, -0.1) is 0 Å². The minimum Gasteiger partial charge on any atom is -0.489 e. The second-order valence-electron chi connectivity index (χ2n) is 5.13. The molecule has 1 heterocycles. The maximum atomic E-state index is 12.5. The van der Waals surface area contributed by atoms with Crippen molar-refractivity contribution in [3.8, 4) is 5.75 Å². The Morgan fingerprint density at radius 1 is 1.18 bits per heavy atom. The van der Waals surface area contributed by atoms with Gasteiger partial charge in [-0.25, -0.2) is 8.42 Å². The minimum atomic E-state index is -3.65. The van der Waals surface area contributed by atoms with Crippen LogP contribution in [0.4, 0.5) is 5.69 Å². The lowest BCUT2D eigenvalue weighted by Crippen LogP contribution is -2.15. The summed E-state index contributed by atoms with van der Waals surface area (Å²) in [7, 11) is -3.65. The van der Waals surface area contributed by atoms with Crippen LogP contribution in [-0.4, -0.2) is 27.7 Å². The summed E-state index contributed by atoms with van der Waals surface area (Å²) in [5.74, 6) is 0.496. The number of rotatable bonds is 6. The molecule has 1 fully saturated rings. The Hall–Kier alpha value is -2.05. The third-order valence-corrected chi connectivity index (χ3v) is 4.87. The summed E-state index contributed by atoms with van der Waals surface area (Å²) in [6.45, 7) is 2.88. The summed E-state index contributed by atoms with van der Waals surface area (Å²) in [4.78, 5) is 0.260. The van der Waals surface area contributed by atoms with Gasteiger partial charge in [-0.05, 0) is 30.7 Å². The van der Waals surface area contributed by atoms with Gasteiger partial charge in [0.1, 0.15) is 18.5 Å². The van der Waals surface area contributed by atoms with Crippen molar-refractivity contribution in [2.24, 2.45) is 0 Å². The Morgan fingerprint density at radius 2 is 1.86 bits per heavy atom. The molecule has 5 nitrogen and oxygen atoms in total. The zero-order valence-electron chi connectivity index (χ0n) is 12.2. The first-order chi connectivity index (χ1) is 10.6. The van der Waals surface area contributed by atoms with Gasteiger partial charge in [0, 0.05) is 0 Å². The summed E-state index contributed by atoms with van der Waals surface area (Å²) in [5, 5.41) is 0. The van der Waals surface area contributed by atoms with Crippen LogP contribution in [-0.2, 0) is 14.8 Å². The van der Waals surface area contributed by atoms with Gasteiger partial charge in [-0.3, -0.25) is 4.72 Å². The molecule has 0 aromatic heterocycles. The molecule has 2 aromatic rings. The summed E-state index contributed by atoms with van der Waals surface area (Å²) < 4.78 is 38.4. The maximum Gasteiger partial charge on any atom is 0.262 e. The molecule has 1 unspecified atom stereocenters. The van der Waals surface area contributed by atoms with E-state index < -0.39 is 10.0 Å². The highest BCUT2D eigenvalue weighted by Crippen LogP contribution is 2.28. The van der Waals surface area contributed by atoms with Crippen LogP contribution in [0.2, 0.25) is 0 Å². The fraction of sp³-hybridized carbons (Fsp3) is 0.250. The van der Waals surface area contributed by atoms with Crippen molar-refractivity contribution in [3.63, 3.8) is 0 Å². The van der Waals surface area contributed by atoms with Crippen molar-refractivity contribution in [2.75, 3.05) is 17.9 Å². The lowest BCUT2D eigenvalue weighted by Gasteiger charge is -2.14. The SMILES string of the molecule is Cc1ccccc1S(=O)(=O)Nc1ccccc1OCC1CO1. The van der Waals surface area contributed by atoms with Crippen molar-refractivity contribution in [3.05, 3.63) is 54.1 Å². The van der Waals surface area contributed by atoms with Crippen LogP contribution in [0.25, 0.3) is 0 Å². The first kappa shape index (κ1) is 14.9. The van der Waals surface area contributed by atoms with E-state index in [2.05, 4.69) is 4.72 Å². The van der Waals surface area contributed by atoms with E-state index in [1.165, 1.54) is 0 Å². The molecule has 2 aromatic carbocycles. The molecule has 0 amide bonds. The second kappa shape index (κ2) is 5.98. The average Bonchev–Trinajstić information content (AvgIpc) is 3.30. The van der Waals surface area contributed by atoms with Gasteiger partial charge < -0.3 is 9.47 Å². The van der Waals surface area contributed by atoms with E-state index in [-0.39, 0.29) is 11.0 Å². The lowest BCUT2D eigenvalue weighted by molar-refractivity contribution is 0.264. The van der Waals surface area contributed by atoms with Gasteiger partial charge in [0.2, 0.25) is 0 Å². The topological polar surface area (TPSA) is 67.9 Å². The van der Waals surface area contributed by atoms with Crippen molar-refractivity contribution in [1.29, 1.82) is 0 Å². The Morgan fingerprint density at radius 3 is 2.59 bits per heavy atom. The largest absolute Gasteiger partial charge is 0.489 e. The van der Waals surface area contributed by atoms with Crippen LogP contribution in [0.3, 0.4) is 0 Å². The monoisotopic (exact) mass is 319 g/mol. The third-order valence-electron chi connectivity index (χ3n) is 3.34. The predicted octanol–water partition coefficient (Wildman–Crippen LogP) is 2.57. The highest BCUT2D eigenvalue weighted by molar-refractivity contribution is 7.92. The summed E-state index contributed by atoms with van der Waals surface area (Å²) >= 11 is 0. The van der Waals surface area contributed by atoms with E-state index in [4.69, 9.17) is 9.47 Å². The molecule has 1 N–H and O–H groups in total. The van der Waals surface area contributed by atoms with Gasteiger partial charge in [0.05, 0.1) is 17.2 Å². The van der Waals surface area contributed by atoms with Crippen LogP contribution in [0.1, 0.15) is 5.56 Å². The lowest BCUT2D eigenvalue weighted by atomic mass is 10.2. The summed E-state index contributed by atoms with van der Waals surface area (Å²) in [6.07, 6.45) is 0.112. The highest BCUT2D eigenvalue weighted by Gasteiger charge is 2.24. The van der Waals surface area contributed by atoms with Crippen LogP contribution < -0.4 is 9.46 Å². The molecule has 1 aliphatic rings. The van der Waals surface area contributed by atoms with Crippen LogP contribution in [0.5, 0.6) is 5.75 Å². The van der Waals surface area contributed by atoms with E-state index in [1.807, 2.05) is 0 Å². The second-order valence-corrected chi connectivity index (χ2v) is 6.78. The standard InChI is InChI=1S/C16H17NO4S/c1-12-6-2-5-9-16(12)22(18,19)17-14-7-3-4-8-15(14)21-11-13-10-20-13/h2-9,13,17H,10-11H2,1H3. The fourth-order valence-electron chi connectivity index (χ4n) is 2.08. The van der Waals surface area contributed by atoms with E-state index in [0.717, 1.165) is 0 Å². The number of epoxide rings is 1. The zero-order chi connectivity index (χ0) is 15.6. The third kappa shape index (κ3) is 3.40. The zero-order valence-corrected chi connectivity index (χ0v) is 13.0. The molecule has 22 heavy (non-hydrogen) atoms. The number of sulfonamides is 1. The van der Waals surface area contributed by atoms with Gasteiger partial charge in [0.15, 0.2) is 0 Å². The van der Waals surface area contributed by atoms with Crippen LogP contribution >= 0.6 is 0 Å². The quantitative estimate of drug-likeness (QED) is 0.831. The predicted molar refractivity (Wildman–Crippen MR) is 83.7 cm³/mol. The van der Waals surface area contributed by atoms with E-state index in [1.54, 1.807) is 55.5 Å². The van der Waals surface area contributed by atoms with E-state index in [0.29, 0.717) is 30.2 Å². The number of aryl methyl sites for hydroxylation is 1. The molecular weight excluding hydrogens is 302 g/mol. The van der Waals surface area contributed by atoms with E-state index >= 15 is 0 Å². The summed E-state index contributed by atoms with van der Waals surface area (Å²) in [5.41, 5.74) is 1.12. The molecular formula is C16H17NO4S. The van der Waals surface area contributed by atoms with Crippen molar-refractivity contribution in [2.45, 2.75) is 17.9 Å². The van der Waals surface area contributed by atoms with Crippen LogP contribution in [0, 0.1) is 6.92 Å². The molecule has 1 atom stereocenters. The number of hydrogen-bond acceptors (Lipinski definition) is 4. The molecule has 0 radical (unpaired) electrons. The van der Waals surface area contributed by atoms with Crippen molar-refractivity contribution >= 4 is 15.7 Å². The Kier molecular flexibility index (Phi) is 4.04. The molecule has 116 valence electrons. The minimum absolute atomic E-state index is 0.112. The number of benzene rings is 2. The molecule has 0 bridgehead atoms. The maximum absolute atomic E-state index is 12.5.